The van der Waals surface area contributed by atoms with Crippen molar-refractivity contribution in [3.8, 4) is 22.6 Å². The lowest BCUT2D eigenvalue weighted by Crippen LogP contribution is -2.49. The van der Waals surface area contributed by atoms with E-state index in [1.807, 2.05) is 61.1 Å². The van der Waals surface area contributed by atoms with Gasteiger partial charge >= 0.3 is 6.03 Å². The number of aliphatic hydroxyl groups excluding tert-OH is 1. The second-order valence-corrected chi connectivity index (χ2v) is 16.3. The van der Waals surface area contributed by atoms with Crippen LogP contribution in [-0.4, -0.2) is 78.7 Å². The first kappa shape index (κ1) is 41.9. The summed E-state index contributed by atoms with van der Waals surface area (Å²) in [6, 6.07) is 18.9. The number of carbonyl (C=O) groups is 3. The number of nitrogens with zero attached hydrogens (tertiary/aromatic N) is 4. The Kier molecular flexibility index (Phi) is 11.9. The molecule has 3 atom stereocenters. The summed E-state index contributed by atoms with van der Waals surface area (Å²) < 4.78 is 46.2. The average molecular weight is 856 g/mol. The number of piperidine rings is 1. The first-order valence-electron chi connectivity index (χ1n) is 20.6. The number of imide groups is 1. The maximum atomic E-state index is 16.4. The SMILES string of the molecule is CC1c2c(cc(F)c(Cl)c2-c2c(C(N)=O)ccc(OCCO)c2F)OC1(CNCCCC1CCCN(c2cccc3c(N4CCC(=O)NC4=O)nn(C)c23)C1)c1ccccc1. The molecule has 0 radical (unpaired) electrons. The average Bonchev–Trinajstić information content (AvgIpc) is 3.74. The Morgan fingerprint density at radius 3 is 2.67 bits per heavy atom. The first-order chi connectivity index (χ1) is 29.4. The molecule has 16 heteroatoms. The molecule has 0 aliphatic carbocycles. The number of para-hydroxylation sites is 1. The van der Waals surface area contributed by atoms with Crippen molar-refractivity contribution < 1.29 is 37.7 Å². The fraction of sp³-hybridized carbons (Fsp3) is 0.378. The molecule has 2 fully saturated rings. The lowest BCUT2D eigenvalue weighted by molar-refractivity contribution is -0.120. The number of carbonyl (C=O) groups excluding carboxylic acids is 3. The van der Waals surface area contributed by atoms with Crippen molar-refractivity contribution in [3.05, 3.63) is 100 Å². The van der Waals surface area contributed by atoms with E-state index in [9.17, 15) is 19.5 Å². The molecule has 8 rings (SSSR count). The molecule has 61 heavy (non-hydrogen) atoms. The van der Waals surface area contributed by atoms with Crippen LogP contribution < -0.4 is 35.6 Å². The molecule has 5 N–H and O–H groups in total. The second kappa shape index (κ2) is 17.3. The second-order valence-electron chi connectivity index (χ2n) is 15.9. The highest BCUT2D eigenvalue weighted by atomic mass is 35.5. The maximum absolute atomic E-state index is 16.4. The van der Waals surface area contributed by atoms with Crippen molar-refractivity contribution in [2.45, 2.75) is 50.5 Å². The zero-order chi connectivity index (χ0) is 43.0. The number of halogens is 3. The van der Waals surface area contributed by atoms with Gasteiger partial charge in [-0.15, -0.1) is 0 Å². The lowest BCUT2D eigenvalue weighted by atomic mass is 9.77. The minimum absolute atomic E-state index is 0.0453. The normalized spacial score (nSPS) is 20.2. The molecule has 1 aromatic heterocycles. The number of aliphatic hydroxyl groups is 1. The Labute approximate surface area is 356 Å². The predicted octanol–water partition coefficient (Wildman–Crippen LogP) is 6.77. The number of aromatic nitrogens is 2. The largest absolute Gasteiger partial charge is 0.488 e. The molecule has 13 nitrogen and oxygen atoms in total. The molecule has 4 aromatic carbocycles. The number of primary amides is 1. The van der Waals surface area contributed by atoms with Gasteiger partial charge in [-0.05, 0) is 68.0 Å². The minimum atomic E-state index is -1.07. The summed E-state index contributed by atoms with van der Waals surface area (Å²) in [4.78, 5) is 41.2. The zero-order valence-electron chi connectivity index (χ0n) is 34.0. The Balaban J connectivity index is 0.999. The van der Waals surface area contributed by atoms with Gasteiger partial charge in [-0.1, -0.05) is 54.9 Å². The van der Waals surface area contributed by atoms with Crippen molar-refractivity contribution >= 4 is 51.9 Å². The van der Waals surface area contributed by atoms with Crippen molar-refractivity contribution in [2.75, 3.05) is 55.7 Å². The Morgan fingerprint density at radius 1 is 1.11 bits per heavy atom. The molecule has 0 saturated carbocycles. The number of benzene rings is 4. The van der Waals surface area contributed by atoms with Gasteiger partial charge in [-0.3, -0.25) is 24.5 Å². The Morgan fingerprint density at radius 2 is 1.92 bits per heavy atom. The number of hydrogen-bond donors (Lipinski definition) is 4. The number of urea groups is 1. The van der Waals surface area contributed by atoms with Crippen LogP contribution in [0.3, 0.4) is 0 Å². The zero-order valence-corrected chi connectivity index (χ0v) is 34.7. The molecule has 0 spiro atoms. The minimum Gasteiger partial charge on any atom is -0.488 e. The Hall–Kier alpha value is -5.77. The van der Waals surface area contributed by atoms with Crippen LogP contribution in [0.1, 0.15) is 66.4 Å². The summed E-state index contributed by atoms with van der Waals surface area (Å²) >= 11 is 6.69. The number of nitrogens with one attached hydrogen (secondary N) is 2. The standard InChI is InChI=1S/C45H48ClF2N7O6/c1-26-36-34(23-31(47)39(46)38(36)37-29(42(49)58)15-16-33(40(37)48)60-22-21-56)61-45(26,28-11-4-3-5-12-28)25-50-18-7-9-27-10-8-19-54(24-27)32-14-6-13-30-41(32)53(2)52-43(30)55-20-17-35(57)51-44(55)59/h3-6,11-16,23,26-27,50,56H,7-10,17-22,24-25H2,1-2H3,(H2,49,58)(H,51,57,59). The van der Waals surface area contributed by atoms with Gasteiger partial charge in [0.1, 0.15) is 18.2 Å². The van der Waals surface area contributed by atoms with Gasteiger partial charge in [-0.25, -0.2) is 13.6 Å². The molecule has 3 unspecified atom stereocenters. The topological polar surface area (TPSA) is 164 Å². The van der Waals surface area contributed by atoms with Crippen LogP contribution in [0, 0.1) is 17.6 Å². The molecule has 3 aliphatic rings. The molecule has 4 heterocycles. The molecular weight excluding hydrogens is 808 g/mol. The third-order valence-corrected chi connectivity index (χ3v) is 12.6. The maximum Gasteiger partial charge on any atom is 0.329 e. The van der Waals surface area contributed by atoms with Crippen molar-refractivity contribution in [2.24, 2.45) is 18.7 Å². The van der Waals surface area contributed by atoms with E-state index >= 15 is 8.78 Å². The quantitative estimate of drug-likeness (QED) is 0.0884. The van der Waals surface area contributed by atoms with Crippen molar-refractivity contribution in [3.63, 3.8) is 0 Å². The number of hydrogen-bond acceptors (Lipinski definition) is 9. The third kappa shape index (κ3) is 7.74. The number of aryl methyl sites for hydroxylation is 1. The van der Waals surface area contributed by atoms with Gasteiger partial charge in [0, 0.05) is 73.7 Å². The number of ether oxygens (including phenoxy) is 2. The molecule has 5 aromatic rings. The van der Waals surface area contributed by atoms with E-state index in [0.29, 0.717) is 30.4 Å². The number of amides is 4. The fourth-order valence-corrected chi connectivity index (χ4v) is 9.57. The summed E-state index contributed by atoms with van der Waals surface area (Å²) in [6.45, 7) is 4.32. The van der Waals surface area contributed by atoms with Gasteiger partial charge < -0.3 is 30.5 Å². The van der Waals surface area contributed by atoms with Crippen LogP contribution in [0.15, 0.2) is 66.7 Å². The van der Waals surface area contributed by atoms with Crippen LogP contribution in [0.4, 0.5) is 25.1 Å². The highest BCUT2D eigenvalue weighted by Crippen LogP contribution is 2.56. The monoisotopic (exact) mass is 855 g/mol. The van der Waals surface area contributed by atoms with E-state index < -0.39 is 35.1 Å². The van der Waals surface area contributed by atoms with Crippen LogP contribution in [-0.2, 0) is 17.4 Å². The highest BCUT2D eigenvalue weighted by Gasteiger charge is 2.50. The van der Waals surface area contributed by atoms with Crippen LogP contribution >= 0.6 is 11.6 Å². The van der Waals surface area contributed by atoms with Gasteiger partial charge in [0.05, 0.1) is 28.4 Å². The fourth-order valence-electron chi connectivity index (χ4n) is 9.32. The molecule has 320 valence electrons. The van der Waals surface area contributed by atoms with Crippen LogP contribution in [0.25, 0.3) is 22.0 Å². The summed E-state index contributed by atoms with van der Waals surface area (Å²) in [7, 11) is 1.88. The van der Waals surface area contributed by atoms with Crippen molar-refractivity contribution in [1.29, 1.82) is 0 Å². The van der Waals surface area contributed by atoms with Gasteiger partial charge in [0.15, 0.2) is 23.0 Å². The van der Waals surface area contributed by atoms with Gasteiger partial charge in [0.2, 0.25) is 11.8 Å². The molecule has 3 aliphatic heterocycles. The number of fused-ring (bicyclic) bond motifs is 2. The van der Waals surface area contributed by atoms with E-state index in [4.69, 9.17) is 31.9 Å². The van der Waals surface area contributed by atoms with Crippen LogP contribution in [0.2, 0.25) is 5.02 Å². The lowest BCUT2D eigenvalue weighted by Gasteiger charge is -2.35. The van der Waals surface area contributed by atoms with E-state index in [0.717, 1.165) is 60.9 Å². The van der Waals surface area contributed by atoms with Gasteiger partial charge in [-0.2, -0.15) is 5.10 Å². The summed E-state index contributed by atoms with van der Waals surface area (Å²) in [5.41, 5.74) is 7.33. The van der Waals surface area contributed by atoms with Gasteiger partial charge in [0.25, 0.3) is 0 Å². The van der Waals surface area contributed by atoms with E-state index in [2.05, 4.69) is 21.6 Å². The summed E-state index contributed by atoms with van der Waals surface area (Å²) in [5, 5.41) is 20.5. The summed E-state index contributed by atoms with van der Waals surface area (Å²) in [6.07, 6.45) is 4.15. The summed E-state index contributed by atoms with van der Waals surface area (Å²) in [5.74, 6) is -2.71. The number of nitrogens with two attached hydrogens (primary N) is 1. The van der Waals surface area contributed by atoms with E-state index in [-0.39, 0.29) is 65.3 Å². The Bertz CT molecular complexity index is 2500. The number of rotatable bonds is 14. The molecule has 4 amide bonds. The number of anilines is 2. The van der Waals surface area contributed by atoms with E-state index in [1.165, 1.54) is 23.1 Å². The van der Waals surface area contributed by atoms with E-state index in [1.54, 1.807) is 0 Å². The highest BCUT2D eigenvalue weighted by molar-refractivity contribution is 6.34. The molecule has 2 saturated heterocycles. The third-order valence-electron chi connectivity index (χ3n) is 12.2. The predicted molar refractivity (Wildman–Crippen MR) is 228 cm³/mol. The molecular formula is C45H48ClF2N7O6. The van der Waals surface area contributed by atoms with Crippen LogP contribution in [0.5, 0.6) is 11.5 Å². The first-order valence-corrected chi connectivity index (χ1v) is 21.0. The smallest absolute Gasteiger partial charge is 0.329 e. The molecule has 0 bridgehead atoms. The van der Waals surface area contributed by atoms with Crippen molar-refractivity contribution in [1.82, 2.24) is 20.4 Å².